The lowest BCUT2D eigenvalue weighted by Crippen LogP contribution is -2.19. The molecule has 0 bridgehead atoms. The van der Waals surface area contributed by atoms with Gasteiger partial charge < -0.3 is 10.1 Å². The number of nitrogens with zero attached hydrogens (tertiary/aromatic N) is 1. The molecule has 2 rings (SSSR count). The second-order valence-corrected chi connectivity index (χ2v) is 4.95. The molecular formula is C17H22N2O. The van der Waals surface area contributed by atoms with Crippen LogP contribution < -0.4 is 10.1 Å². The maximum atomic E-state index is 5.96. The molecule has 0 aliphatic heterocycles. The Balaban J connectivity index is 2.17. The Morgan fingerprint density at radius 2 is 2.00 bits per heavy atom. The summed E-state index contributed by atoms with van der Waals surface area (Å²) in [6.07, 6.45) is 2.88. The van der Waals surface area contributed by atoms with Gasteiger partial charge in [0.15, 0.2) is 0 Å². The monoisotopic (exact) mass is 270 g/mol. The van der Waals surface area contributed by atoms with Crippen LogP contribution in [0.15, 0.2) is 42.6 Å². The van der Waals surface area contributed by atoms with Crippen LogP contribution in [0.2, 0.25) is 0 Å². The minimum absolute atomic E-state index is 0.268. The van der Waals surface area contributed by atoms with E-state index in [0.717, 1.165) is 30.2 Å². The molecule has 0 saturated heterocycles. The van der Waals surface area contributed by atoms with Crippen LogP contribution >= 0.6 is 0 Å². The number of hydrogen-bond donors (Lipinski definition) is 1. The van der Waals surface area contributed by atoms with Gasteiger partial charge in [0, 0.05) is 17.3 Å². The first-order chi connectivity index (χ1) is 9.70. The fraction of sp³-hybridized carbons (Fsp3) is 0.353. The summed E-state index contributed by atoms with van der Waals surface area (Å²) < 4.78 is 5.96. The van der Waals surface area contributed by atoms with Crippen LogP contribution in [0.4, 0.5) is 0 Å². The third-order valence-corrected chi connectivity index (χ3v) is 3.20. The van der Waals surface area contributed by atoms with Gasteiger partial charge in [0.05, 0.1) is 6.20 Å². The third-order valence-electron chi connectivity index (χ3n) is 3.20. The fourth-order valence-electron chi connectivity index (χ4n) is 2.04. The lowest BCUT2D eigenvalue weighted by atomic mass is 10.1. The van der Waals surface area contributed by atoms with Crippen molar-refractivity contribution in [3.8, 4) is 11.5 Å². The molecule has 1 N–H and O–H groups in total. The molecule has 0 aliphatic carbocycles. The van der Waals surface area contributed by atoms with E-state index in [9.17, 15) is 0 Å². The van der Waals surface area contributed by atoms with Crippen molar-refractivity contribution >= 4 is 0 Å². The predicted octanol–water partition coefficient (Wildman–Crippen LogP) is 4.24. The number of benzene rings is 1. The number of para-hydroxylation sites is 1. The molecule has 1 aromatic heterocycles. The molecular weight excluding hydrogens is 248 g/mol. The van der Waals surface area contributed by atoms with Crippen molar-refractivity contribution in [2.75, 3.05) is 6.54 Å². The molecule has 3 heteroatoms. The molecule has 3 nitrogen and oxygen atoms in total. The molecule has 0 fully saturated rings. The Morgan fingerprint density at radius 1 is 1.20 bits per heavy atom. The zero-order chi connectivity index (χ0) is 14.4. The molecule has 0 spiro atoms. The highest BCUT2D eigenvalue weighted by Crippen LogP contribution is 2.29. The van der Waals surface area contributed by atoms with Gasteiger partial charge in [-0.2, -0.15) is 0 Å². The lowest BCUT2D eigenvalue weighted by molar-refractivity contribution is 0.459. The van der Waals surface area contributed by atoms with E-state index in [4.69, 9.17) is 4.74 Å². The van der Waals surface area contributed by atoms with Crippen molar-refractivity contribution < 1.29 is 4.74 Å². The largest absolute Gasteiger partial charge is 0.455 e. The number of nitrogens with one attached hydrogen (secondary N) is 1. The second-order valence-electron chi connectivity index (χ2n) is 4.95. The van der Waals surface area contributed by atoms with E-state index in [1.54, 1.807) is 6.20 Å². The van der Waals surface area contributed by atoms with Crippen molar-refractivity contribution in [1.29, 1.82) is 0 Å². The molecule has 1 atom stereocenters. The normalized spacial score (nSPS) is 12.2. The van der Waals surface area contributed by atoms with Gasteiger partial charge >= 0.3 is 0 Å². The van der Waals surface area contributed by atoms with Crippen LogP contribution in [0.5, 0.6) is 11.5 Å². The minimum atomic E-state index is 0.268. The summed E-state index contributed by atoms with van der Waals surface area (Å²) >= 11 is 0. The third kappa shape index (κ3) is 3.81. The van der Waals surface area contributed by atoms with Gasteiger partial charge in [-0.25, -0.2) is 0 Å². The first kappa shape index (κ1) is 14.5. The van der Waals surface area contributed by atoms with E-state index in [1.807, 2.05) is 37.3 Å². The molecule has 1 unspecified atom stereocenters. The van der Waals surface area contributed by atoms with Crippen molar-refractivity contribution in [2.45, 2.75) is 33.2 Å². The zero-order valence-electron chi connectivity index (χ0n) is 12.4. The minimum Gasteiger partial charge on any atom is -0.455 e. The molecule has 0 saturated carbocycles. The molecule has 1 heterocycles. The Bertz CT molecular complexity index is 537. The number of aromatic nitrogens is 1. The standard InChI is InChI=1S/C17H22N2O/c1-4-11-18-14(3)16-7-5-6-8-17(16)20-15-10-9-13(2)19-12-15/h5-10,12,14,18H,4,11H2,1-3H3. The van der Waals surface area contributed by atoms with Gasteiger partial charge in [0.2, 0.25) is 0 Å². The van der Waals surface area contributed by atoms with Crippen LogP contribution in [-0.4, -0.2) is 11.5 Å². The van der Waals surface area contributed by atoms with Gasteiger partial charge in [-0.15, -0.1) is 0 Å². The van der Waals surface area contributed by atoms with Gasteiger partial charge in [-0.05, 0) is 45.0 Å². The quantitative estimate of drug-likeness (QED) is 0.852. The molecule has 0 radical (unpaired) electrons. The van der Waals surface area contributed by atoms with E-state index < -0.39 is 0 Å². The maximum absolute atomic E-state index is 5.96. The van der Waals surface area contributed by atoms with E-state index in [2.05, 4.69) is 30.2 Å². The molecule has 1 aromatic carbocycles. The average Bonchev–Trinajstić information content (AvgIpc) is 2.48. The summed E-state index contributed by atoms with van der Waals surface area (Å²) in [6, 6.07) is 12.3. The van der Waals surface area contributed by atoms with E-state index in [-0.39, 0.29) is 6.04 Å². The van der Waals surface area contributed by atoms with Gasteiger partial charge in [0.25, 0.3) is 0 Å². The van der Waals surface area contributed by atoms with Crippen LogP contribution in [0.3, 0.4) is 0 Å². The number of rotatable bonds is 6. The van der Waals surface area contributed by atoms with Crippen LogP contribution in [0.1, 0.15) is 37.6 Å². The molecule has 106 valence electrons. The smallest absolute Gasteiger partial charge is 0.145 e. The Labute approximate surface area is 121 Å². The van der Waals surface area contributed by atoms with Crippen LogP contribution in [0, 0.1) is 6.92 Å². The molecule has 20 heavy (non-hydrogen) atoms. The molecule has 2 aromatic rings. The summed E-state index contributed by atoms with van der Waals surface area (Å²) in [5, 5.41) is 3.49. The predicted molar refractivity (Wildman–Crippen MR) is 82.2 cm³/mol. The Hall–Kier alpha value is -1.87. The Kier molecular flexibility index (Phi) is 5.13. The lowest BCUT2D eigenvalue weighted by Gasteiger charge is -2.17. The highest BCUT2D eigenvalue weighted by molar-refractivity contribution is 5.39. The van der Waals surface area contributed by atoms with E-state index >= 15 is 0 Å². The van der Waals surface area contributed by atoms with Crippen LogP contribution in [0.25, 0.3) is 0 Å². The van der Waals surface area contributed by atoms with E-state index in [0.29, 0.717) is 0 Å². The highest BCUT2D eigenvalue weighted by atomic mass is 16.5. The first-order valence-electron chi connectivity index (χ1n) is 7.13. The SMILES string of the molecule is CCCNC(C)c1ccccc1Oc1ccc(C)nc1. The van der Waals surface area contributed by atoms with Crippen molar-refractivity contribution in [3.63, 3.8) is 0 Å². The summed E-state index contributed by atoms with van der Waals surface area (Å²) in [4.78, 5) is 4.26. The number of ether oxygens (including phenoxy) is 1. The summed E-state index contributed by atoms with van der Waals surface area (Å²) in [5.74, 6) is 1.65. The van der Waals surface area contributed by atoms with Crippen molar-refractivity contribution in [1.82, 2.24) is 10.3 Å². The Morgan fingerprint density at radius 3 is 2.70 bits per heavy atom. The van der Waals surface area contributed by atoms with E-state index in [1.165, 1.54) is 5.56 Å². The molecule has 0 aliphatic rings. The van der Waals surface area contributed by atoms with Gasteiger partial charge in [-0.3, -0.25) is 4.98 Å². The summed E-state index contributed by atoms with van der Waals surface area (Å²) in [7, 11) is 0. The second kappa shape index (κ2) is 7.06. The van der Waals surface area contributed by atoms with Gasteiger partial charge in [-0.1, -0.05) is 25.1 Å². The van der Waals surface area contributed by atoms with Crippen molar-refractivity contribution in [2.24, 2.45) is 0 Å². The molecule has 0 amide bonds. The highest BCUT2D eigenvalue weighted by Gasteiger charge is 2.11. The summed E-state index contributed by atoms with van der Waals surface area (Å²) in [5.41, 5.74) is 2.16. The average molecular weight is 270 g/mol. The first-order valence-corrected chi connectivity index (χ1v) is 7.13. The summed E-state index contributed by atoms with van der Waals surface area (Å²) in [6.45, 7) is 7.29. The topological polar surface area (TPSA) is 34.1 Å². The number of aryl methyl sites for hydroxylation is 1. The van der Waals surface area contributed by atoms with Crippen molar-refractivity contribution in [3.05, 3.63) is 53.9 Å². The number of hydrogen-bond acceptors (Lipinski definition) is 3. The van der Waals surface area contributed by atoms with Gasteiger partial charge in [0.1, 0.15) is 11.5 Å². The fourth-order valence-corrected chi connectivity index (χ4v) is 2.04. The maximum Gasteiger partial charge on any atom is 0.145 e. The number of pyridine rings is 1. The van der Waals surface area contributed by atoms with Crippen LogP contribution in [-0.2, 0) is 0 Å². The zero-order valence-corrected chi connectivity index (χ0v) is 12.4.